The van der Waals surface area contributed by atoms with Crippen LogP contribution in [0.3, 0.4) is 0 Å². The molecule has 0 bridgehead atoms. The van der Waals surface area contributed by atoms with E-state index in [0.29, 0.717) is 11.4 Å². The molecule has 0 amide bonds. The number of aliphatic hydroxyl groups is 1. The summed E-state index contributed by atoms with van der Waals surface area (Å²) in [6, 6.07) is 7.42. The highest BCUT2D eigenvalue weighted by Crippen LogP contribution is 2.31. The molecule has 1 aromatic heterocycles. The fraction of sp³-hybridized carbons (Fsp3) is 0.438. The van der Waals surface area contributed by atoms with Gasteiger partial charge in [-0.1, -0.05) is 17.7 Å². The minimum absolute atomic E-state index is 0.239. The monoisotopic (exact) mass is 293 g/mol. The van der Waals surface area contributed by atoms with Crippen molar-refractivity contribution < 1.29 is 9.84 Å². The highest BCUT2D eigenvalue weighted by Gasteiger charge is 2.20. The molecule has 0 fully saturated rings. The van der Waals surface area contributed by atoms with Crippen LogP contribution in [-0.2, 0) is 4.74 Å². The van der Waals surface area contributed by atoms with Crippen LogP contribution in [0.4, 0.5) is 0 Å². The first-order chi connectivity index (χ1) is 9.44. The van der Waals surface area contributed by atoms with E-state index in [9.17, 15) is 5.11 Å². The third kappa shape index (κ3) is 3.29. The van der Waals surface area contributed by atoms with E-state index in [2.05, 4.69) is 4.98 Å². The second-order valence-corrected chi connectivity index (χ2v) is 5.96. The predicted octanol–water partition coefficient (Wildman–Crippen LogP) is 4.13. The van der Waals surface area contributed by atoms with E-state index in [-0.39, 0.29) is 5.60 Å². The van der Waals surface area contributed by atoms with Crippen LogP contribution >= 0.6 is 11.6 Å². The van der Waals surface area contributed by atoms with Crippen molar-refractivity contribution in [2.75, 3.05) is 7.11 Å². The number of aliphatic hydroxyl groups excluding tert-OH is 1. The molecular weight excluding hydrogens is 274 g/mol. The topological polar surface area (TPSA) is 42.4 Å². The number of aromatic nitrogens is 1. The Labute approximate surface area is 124 Å². The lowest BCUT2D eigenvalue weighted by molar-refractivity contribution is 0.00290. The summed E-state index contributed by atoms with van der Waals surface area (Å²) in [6.07, 6.45) is 2.53. The summed E-state index contributed by atoms with van der Waals surface area (Å²) in [7, 11) is 1.69. The maximum Gasteiger partial charge on any atom is 0.0812 e. The molecule has 0 saturated carbocycles. The Morgan fingerprint density at radius 1 is 1.35 bits per heavy atom. The Balaban J connectivity index is 2.27. The molecule has 1 N–H and O–H groups in total. The van der Waals surface area contributed by atoms with Crippen LogP contribution in [-0.4, -0.2) is 22.8 Å². The highest BCUT2D eigenvalue weighted by atomic mass is 35.5. The van der Waals surface area contributed by atoms with Crippen LogP contribution in [0.5, 0.6) is 0 Å². The Hall–Kier alpha value is -1.16. The minimum atomic E-state index is -0.570. The Morgan fingerprint density at radius 3 is 2.80 bits per heavy atom. The smallest absolute Gasteiger partial charge is 0.0812 e. The van der Waals surface area contributed by atoms with Crippen LogP contribution in [0.25, 0.3) is 10.9 Å². The molecule has 0 aliphatic heterocycles. The summed E-state index contributed by atoms with van der Waals surface area (Å²) < 4.78 is 5.38. The number of methoxy groups -OCH3 is 1. The standard InChI is InChI=1S/C16H20ClNO2/c1-16(2,20-3)9-8-14(19)12-6-7-13(17)11-5-4-10-18-15(11)12/h4-7,10,14,19H,8-9H2,1-3H3. The van der Waals surface area contributed by atoms with E-state index >= 15 is 0 Å². The van der Waals surface area contributed by atoms with Gasteiger partial charge in [0, 0.05) is 29.3 Å². The lowest BCUT2D eigenvalue weighted by atomic mass is 9.95. The number of nitrogens with zero attached hydrogens (tertiary/aromatic N) is 1. The van der Waals surface area contributed by atoms with Gasteiger partial charge in [0.05, 0.1) is 17.2 Å². The molecule has 1 aromatic carbocycles. The third-order valence-electron chi connectivity index (χ3n) is 3.68. The normalized spacial score (nSPS) is 13.7. The zero-order chi connectivity index (χ0) is 14.8. The summed E-state index contributed by atoms with van der Waals surface area (Å²) in [4.78, 5) is 4.35. The average Bonchev–Trinajstić information content (AvgIpc) is 2.46. The molecule has 1 heterocycles. The largest absolute Gasteiger partial charge is 0.388 e. The van der Waals surface area contributed by atoms with Crippen molar-refractivity contribution in [1.29, 1.82) is 0 Å². The Morgan fingerprint density at radius 2 is 2.10 bits per heavy atom. The Bertz CT molecular complexity index is 598. The molecule has 0 radical (unpaired) electrons. The van der Waals surface area contributed by atoms with Crippen LogP contribution in [0.15, 0.2) is 30.5 Å². The fourth-order valence-corrected chi connectivity index (χ4v) is 2.39. The predicted molar refractivity (Wildman–Crippen MR) is 82.0 cm³/mol. The van der Waals surface area contributed by atoms with Crippen molar-refractivity contribution in [2.45, 2.75) is 38.4 Å². The maximum absolute atomic E-state index is 10.4. The molecule has 3 nitrogen and oxygen atoms in total. The maximum atomic E-state index is 10.4. The summed E-state index contributed by atoms with van der Waals surface area (Å²) in [6.45, 7) is 4.02. The van der Waals surface area contributed by atoms with Crippen molar-refractivity contribution in [3.8, 4) is 0 Å². The van der Waals surface area contributed by atoms with Crippen LogP contribution < -0.4 is 0 Å². The number of rotatable bonds is 5. The van der Waals surface area contributed by atoms with Gasteiger partial charge in [0.2, 0.25) is 0 Å². The lowest BCUT2D eigenvalue weighted by Gasteiger charge is -2.24. The first-order valence-corrected chi connectivity index (χ1v) is 7.09. The van der Waals surface area contributed by atoms with E-state index in [1.165, 1.54) is 0 Å². The van der Waals surface area contributed by atoms with Crippen LogP contribution in [0, 0.1) is 0 Å². The van der Waals surface area contributed by atoms with Crippen molar-refractivity contribution in [3.05, 3.63) is 41.0 Å². The van der Waals surface area contributed by atoms with Crippen LogP contribution in [0.2, 0.25) is 5.02 Å². The number of benzene rings is 1. The Kier molecular flexibility index (Phi) is 4.63. The number of fused-ring (bicyclic) bond motifs is 1. The van der Waals surface area contributed by atoms with Gasteiger partial charge in [-0.3, -0.25) is 4.98 Å². The number of hydrogen-bond acceptors (Lipinski definition) is 3. The fourth-order valence-electron chi connectivity index (χ4n) is 2.17. The van der Waals surface area contributed by atoms with E-state index in [4.69, 9.17) is 16.3 Å². The molecule has 0 aliphatic rings. The van der Waals surface area contributed by atoms with Crippen molar-refractivity contribution in [1.82, 2.24) is 4.98 Å². The first kappa shape index (κ1) is 15.2. The average molecular weight is 294 g/mol. The van der Waals surface area contributed by atoms with Gasteiger partial charge in [-0.15, -0.1) is 0 Å². The second-order valence-electron chi connectivity index (χ2n) is 5.55. The molecule has 0 saturated heterocycles. The molecule has 0 aliphatic carbocycles. The van der Waals surface area contributed by atoms with Gasteiger partial charge in [0.25, 0.3) is 0 Å². The van der Waals surface area contributed by atoms with E-state index in [1.54, 1.807) is 13.3 Å². The zero-order valence-electron chi connectivity index (χ0n) is 12.1. The molecule has 20 heavy (non-hydrogen) atoms. The van der Waals surface area contributed by atoms with E-state index in [1.807, 2.05) is 38.1 Å². The van der Waals surface area contributed by atoms with E-state index < -0.39 is 6.10 Å². The van der Waals surface area contributed by atoms with Gasteiger partial charge in [0.1, 0.15) is 0 Å². The third-order valence-corrected chi connectivity index (χ3v) is 4.01. The van der Waals surface area contributed by atoms with Gasteiger partial charge in [0.15, 0.2) is 0 Å². The van der Waals surface area contributed by atoms with Crippen molar-refractivity contribution >= 4 is 22.5 Å². The van der Waals surface area contributed by atoms with Gasteiger partial charge < -0.3 is 9.84 Å². The molecule has 4 heteroatoms. The molecule has 1 atom stereocenters. The molecule has 1 unspecified atom stereocenters. The zero-order valence-corrected chi connectivity index (χ0v) is 12.8. The summed E-state index contributed by atoms with van der Waals surface area (Å²) in [5, 5.41) is 12.0. The molecule has 2 aromatic rings. The van der Waals surface area contributed by atoms with Crippen LogP contribution in [0.1, 0.15) is 38.4 Å². The lowest BCUT2D eigenvalue weighted by Crippen LogP contribution is -2.23. The quantitative estimate of drug-likeness (QED) is 0.901. The number of ether oxygens (including phenoxy) is 1. The molecule has 0 spiro atoms. The van der Waals surface area contributed by atoms with Crippen molar-refractivity contribution in [3.63, 3.8) is 0 Å². The first-order valence-electron chi connectivity index (χ1n) is 6.71. The highest BCUT2D eigenvalue weighted by molar-refractivity contribution is 6.35. The van der Waals surface area contributed by atoms with Gasteiger partial charge in [-0.25, -0.2) is 0 Å². The molecular formula is C16H20ClNO2. The molecule has 2 rings (SSSR count). The summed E-state index contributed by atoms with van der Waals surface area (Å²) >= 11 is 6.16. The summed E-state index contributed by atoms with van der Waals surface area (Å²) in [5.74, 6) is 0. The van der Waals surface area contributed by atoms with Gasteiger partial charge in [-0.2, -0.15) is 0 Å². The molecule has 108 valence electrons. The van der Waals surface area contributed by atoms with Gasteiger partial charge in [-0.05, 0) is 44.9 Å². The van der Waals surface area contributed by atoms with E-state index in [0.717, 1.165) is 22.9 Å². The number of pyridine rings is 1. The SMILES string of the molecule is COC(C)(C)CCC(O)c1ccc(Cl)c2cccnc12. The summed E-state index contributed by atoms with van der Waals surface area (Å²) in [5.41, 5.74) is 1.34. The minimum Gasteiger partial charge on any atom is -0.388 e. The second kappa shape index (κ2) is 6.08. The van der Waals surface area contributed by atoms with Crippen molar-refractivity contribution in [2.24, 2.45) is 0 Å². The number of hydrogen-bond donors (Lipinski definition) is 1. The number of halogens is 1. The van der Waals surface area contributed by atoms with Gasteiger partial charge >= 0.3 is 0 Å².